The number of hydrogen-bond donors (Lipinski definition) is 2. The molecule has 3 N–H and O–H groups in total. The predicted molar refractivity (Wildman–Crippen MR) is 46.2 cm³/mol. The Kier molecular flexibility index (Phi) is 2.55. The lowest BCUT2D eigenvalue weighted by molar-refractivity contribution is -0.0201. The van der Waals surface area contributed by atoms with Crippen LogP contribution >= 0.6 is 0 Å². The molecule has 0 saturated heterocycles. The Labute approximate surface area is 68.8 Å². The van der Waals surface area contributed by atoms with Gasteiger partial charge in [0.2, 0.25) is 0 Å². The molecule has 0 heterocycles. The lowest BCUT2D eigenvalue weighted by atomic mass is 9.83. The number of aliphatic hydroxyl groups is 1. The van der Waals surface area contributed by atoms with E-state index in [2.05, 4.69) is 13.8 Å². The van der Waals surface area contributed by atoms with Crippen LogP contribution in [-0.4, -0.2) is 16.7 Å². The van der Waals surface area contributed by atoms with Crippen molar-refractivity contribution in [1.82, 2.24) is 0 Å². The molecule has 1 aliphatic rings. The molecule has 66 valence electrons. The SMILES string of the molecule is CCC(C)C1(O)CCCC1N. The molecule has 2 nitrogen and oxygen atoms in total. The van der Waals surface area contributed by atoms with E-state index in [-0.39, 0.29) is 6.04 Å². The Balaban J connectivity index is 2.64. The molecular formula is C9H19NO. The Morgan fingerprint density at radius 3 is 2.73 bits per heavy atom. The summed E-state index contributed by atoms with van der Waals surface area (Å²) >= 11 is 0. The third-order valence-corrected chi connectivity index (χ3v) is 3.20. The first-order valence-corrected chi connectivity index (χ1v) is 4.59. The van der Waals surface area contributed by atoms with Gasteiger partial charge in [-0.1, -0.05) is 20.3 Å². The third-order valence-electron chi connectivity index (χ3n) is 3.20. The molecule has 0 spiro atoms. The van der Waals surface area contributed by atoms with Gasteiger partial charge in [-0.05, 0) is 25.2 Å². The van der Waals surface area contributed by atoms with E-state index in [0.29, 0.717) is 5.92 Å². The van der Waals surface area contributed by atoms with Crippen molar-refractivity contribution in [3.05, 3.63) is 0 Å². The monoisotopic (exact) mass is 157 g/mol. The number of nitrogens with two attached hydrogens (primary N) is 1. The molecule has 1 rings (SSSR count). The van der Waals surface area contributed by atoms with Gasteiger partial charge in [0.25, 0.3) is 0 Å². The van der Waals surface area contributed by atoms with Gasteiger partial charge >= 0.3 is 0 Å². The fourth-order valence-electron chi connectivity index (χ4n) is 2.01. The van der Waals surface area contributed by atoms with Crippen molar-refractivity contribution in [3.63, 3.8) is 0 Å². The van der Waals surface area contributed by atoms with E-state index in [1.165, 1.54) is 0 Å². The zero-order valence-electron chi connectivity index (χ0n) is 7.51. The maximum atomic E-state index is 10.1. The van der Waals surface area contributed by atoms with Gasteiger partial charge in [-0.25, -0.2) is 0 Å². The minimum Gasteiger partial charge on any atom is -0.388 e. The molecule has 0 aliphatic heterocycles. The van der Waals surface area contributed by atoms with Crippen LogP contribution in [0.5, 0.6) is 0 Å². The van der Waals surface area contributed by atoms with Gasteiger partial charge in [-0.3, -0.25) is 0 Å². The van der Waals surface area contributed by atoms with Crippen LogP contribution in [0.2, 0.25) is 0 Å². The number of hydrogen-bond acceptors (Lipinski definition) is 2. The van der Waals surface area contributed by atoms with Gasteiger partial charge in [-0.15, -0.1) is 0 Å². The Morgan fingerprint density at radius 1 is 1.73 bits per heavy atom. The Morgan fingerprint density at radius 2 is 2.36 bits per heavy atom. The van der Waals surface area contributed by atoms with Gasteiger partial charge in [0.05, 0.1) is 5.60 Å². The molecule has 1 aliphatic carbocycles. The smallest absolute Gasteiger partial charge is 0.0823 e. The zero-order valence-corrected chi connectivity index (χ0v) is 7.51. The molecule has 0 aromatic carbocycles. The van der Waals surface area contributed by atoms with E-state index in [4.69, 9.17) is 5.73 Å². The minimum absolute atomic E-state index is 0.0115. The zero-order chi connectivity index (χ0) is 8.48. The summed E-state index contributed by atoms with van der Waals surface area (Å²) in [6.07, 6.45) is 3.98. The summed E-state index contributed by atoms with van der Waals surface area (Å²) in [5.74, 6) is 0.347. The number of rotatable bonds is 2. The van der Waals surface area contributed by atoms with Crippen LogP contribution in [0, 0.1) is 5.92 Å². The van der Waals surface area contributed by atoms with E-state index < -0.39 is 5.60 Å². The molecule has 0 radical (unpaired) electrons. The Bertz CT molecular complexity index is 138. The van der Waals surface area contributed by atoms with Crippen molar-refractivity contribution in [2.24, 2.45) is 11.7 Å². The summed E-state index contributed by atoms with van der Waals surface area (Å²) in [5.41, 5.74) is 5.28. The average molecular weight is 157 g/mol. The van der Waals surface area contributed by atoms with E-state index in [0.717, 1.165) is 25.7 Å². The minimum atomic E-state index is -0.561. The molecule has 3 atom stereocenters. The van der Waals surface area contributed by atoms with Crippen molar-refractivity contribution in [1.29, 1.82) is 0 Å². The van der Waals surface area contributed by atoms with Crippen LogP contribution in [-0.2, 0) is 0 Å². The van der Waals surface area contributed by atoms with Gasteiger partial charge in [0.15, 0.2) is 0 Å². The standard InChI is InChI=1S/C9H19NO/c1-3-7(2)9(11)6-4-5-8(9)10/h7-8,11H,3-6,10H2,1-2H3. The van der Waals surface area contributed by atoms with Crippen LogP contribution in [0.4, 0.5) is 0 Å². The van der Waals surface area contributed by atoms with Crippen molar-refractivity contribution in [2.75, 3.05) is 0 Å². The second-order valence-electron chi connectivity index (χ2n) is 3.80. The fourth-order valence-corrected chi connectivity index (χ4v) is 2.01. The molecular weight excluding hydrogens is 138 g/mol. The highest BCUT2D eigenvalue weighted by Crippen LogP contribution is 2.36. The summed E-state index contributed by atoms with van der Waals surface area (Å²) in [7, 11) is 0. The second-order valence-corrected chi connectivity index (χ2v) is 3.80. The molecule has 0 amide bonds. The van der Waals surface area contributed by atoms with E-state index in [1.54, 1.807) is 0 Å². The van der Waals surface area contributed by atoms with Crippen molar-refractivity contribution in [2.45, 2.75) is 51.2 Å². The predicted octanol–water partition coefficient (Wildman–Crippen LogP) is 1.27. The van der Waals surface area contributed by atoms with Gasteiger partial charge in [0, 0.05) is 6.04 Å². The van der Waals surface area contributed by atoms with Crippen LogP contribution in [0.25, 0.3) is 0 Å². The Hall–Kier alpha value is -0.0800. The highest BCUT2D eigenvalue weighted by atomic mass is 16.3. The molecule has 2 heteroatoms. The molecule has 0 bridgehead atoms. The van der Waals surface area contributed by atoms with Crippen LogP contribution in [0.3, 0.4) is 0 Å². The molecule has 0 aromatic rings. The maximum Gasteiger partial charge on any atom is 0.0823 e. The molecule has 1 saturated carbocycles. The quantitative estimate of drug-likeness (QED) is 0.634. The molecule has 0 aromatic heterocycles. The summed E-state index contributed by atoms with van der Waals surface area (Å²) in [6, 6.07) is 0.0115. The topological polar surface area (TPSA) is 46.2 Å². The van der Waals surface area contributed by atoms with E-state index in [9.17, 15) is 5.11 Å². The lowest BCUT2D eigenvalue weighted by Gasteiger charge is -2.33. The van der Waals surface area contributed by atoms with Gasteiger partial charge in [0.1, 0.15) is 0 Å². The summed E-state index contributed by atoms with van der Waals surface area (Å²) < 4.78 is 0. The van der Waals surface area contributed by atoms with Gasteiger partial charge < -0.3 is 10.8 Å². The highest BCUT2D eigenvalue weighted by Gasteiger charge is 2.42. The first-order chi connectivity index (χ1) is 5.11. The van der Waals surface area contributed by atoms with E-state index >= 15 is 0 Å². The van der Waals surface area contributed by atoms with Crippen LogP contribution < -0.4 is 5.73 Å². The second kappa shape index (κ2) is 3.11. The molecule has 1 fully saturated rings. The van der Waals surface area contributed by atoms with Crippen LogP contribution in [0.1, 0.15) is 39.5 Å². The molecule has 11 heavy (non-hydrogen) atoms. The first-order valence-electron chi connectivity index (χ1n) is 4.59. The summed E-state index contributed by atoms with van der Waals surface area (Å²) in [6.45, 7) is 4.19. The summed E-state index contributed by atoms with van der Waals surface area (Å²) in [4.78, 5) is 0. The average Bonchev–Trinajstić information content (AvgIpc) is 2.32. The fraction of sp³-hybridized carbons (Fsp3) is 1.00. The maximum absolute atomic E-state index is 10.1. The van der Waals surface area contributed by atoms with Gasteiger partial charge in [-0.2, -0.15) is 0 Å². The highest BCUT2D eigenvalue weighted by molar-refractivity contribution is 4.97. The van der Waals surface area contributed by atoms with Crippen molar-refractivity contribution >= 4 is 0 Å². The van der Waals surface area contributed by atoms with Crippen LogP contribution in [0.15, 0.2) is 0 Å². The molecule has 3 unspecified atom stereocenters. The lowest BCUT2D eigenvalue weighted by Crippen LogP contribution is -2.48. The van der Waals surface area contributed by atoms with Crippen molar-refractivity contribution < 1.29 is 5.11 Å². The third kappa shape index (κ3) is 1.42. The normalized spacial score (nSPS) is 40.9. The van der Waals surface area contributed by atoms with E-state index in [1.807, 2.05) is 0 Å². The first kappa shape index (κ1) is 9.01. The van der Waals surface area contributed by atoms with Crippen molar-refractivity contribution in [3.8, 4) is 0 Å². The summed E-state index contributed by atoms with van der Waals surface area (Å²) in [5, 5.41) is 10.1. The largest absolute Gasteiger partial charge is 0.388 e.